The Morgan fingerprint density at radius 2 is 1.89 bits per heavy atom. The first kappa shape index (κ1) is 5.94. The Labute approximate surface area is 51.2 Å². The van der Waals surface area contributed by atoms with Crippen molar-refractivity contribution in [3.05, 3.63) is 0 Å². The predicted molar refractivity (Wildman–Crippen MR) is 27.6 cm³/mol. The maximum Gasteiger partial charge on any atom is 0.295 e. The molecule has 0 bridgehead atoms. The van der Waals surface area contributed by atoms with Gasteiger partial charge in [-0.05, 0) is 0 Å². The molecule has 0 spiro atoms. The molecule has 0 saturated carbocycles. The summed E-state index contributed by atoms with van der Waals surface area (Å²) >= 11 is 0. The van der Waals surface area contributed by atoms with Crippen LogP contribution in [0.25, 0.3) is 0 Å². The van der Waals surface area contributed by atoms with Crippen LogP contribution >= 0.6 is 0 Å². The molecule has 48 valence electrons. The Hall–Kier alpha value is -1.19. The second kappa shape index (κ2) is 1.97. The lowest BCUT2D eigenvalue weighted by atomic mass is 10.1. The summed E-state index contributed by atoms with van der Waals surface area (Å²) in [7, 11) is 0. The van der Waals surface area contributed by atoms with Gasteiger partial charge in [0.1, 0.15) is 0 Å². The molecule has 1 aliphatic heterocycles. The zero-order valence-electron chi connectivity index (χ0n) is 4.64. The van der Waals surface area contributed by atoms with Gasteiger partial charge in [0, 0.05) is 13.0 Å². The summed E-state index contributed by atoms with van der Waals surface area (Å²) in [6, 6.07) is 0. The molecule has 0 unspecified atom stereocenters. The predicted octanol–water partition coefficient (Wildman–Crippen LogP) is -1.36. The van der Waals surface area contributed by atoms with Crippen molar-refractivity contribution < 1.29 is 14.4 Å². The van der Waals surface area contributed by atoms with Crippen molar-refractivity contribution in [2.75, 3.05) is 6.54 Å². The Kier molecular flexibility index (Phi) is 1.30. The van der Waals surface area contributed by atoms with E-state index in [-0.39, 0.29) is 6.42 Å². The lowest BCUT2D eigenvalue weighted by Gasteiger charge is -2.07. The molecule has 1 rings (SSSR count). The highest BCUT2D eigenvalue weighted by molar-refractivity contribution is 6.64. The molecule has 1 heterocycles. The van der Waals surface area contributed by atoms with E-state index >= 15 is 0 Å². The number of carbonyl (C=O) groups excluding carboxylic acids is 3. The van der Waals surface area contributed by atoms with E-state index in [2.05, 4.69) is 5.32 Å². The zero-order valence-corrected chi connectivity index (χ0v) is 4.64. The maximum absolute atomic E-state index is 10.4. The highest BCUT2D eigenvalue weighted by Crippen LogP contribution is 1.90. The third kappa shape index (κ3) is 0.960. The summed E-state index contributed by atoms with van der Waals surface area (Å²) in [5.74, 6) is -2.27. The molecule has 1 saturated heterocycles. The van der Waals surface area contributed by atoms with Gasteiger partial charge in [-0.2, -0.15) is 0 Å². The van der Waals surface area contributed by atoms with Gasteiger partial charge in [0.2, 0.25) is 5.78 Å². The molecule has 9 heavy (non-hydrogen) atoms. The monoisotopic (exact) mass is 127 g/mol. The summed E-state index contributed by atoms with van der Waals surface area (Å²) in [6.07, 6.45) is 0.143. The quantitative estimate of drug-likeness (QED) is 0.409. The lowest BCUT2D eigenvalue weighted by molar-refractivity contribution is -0.146. The summed E-state index contributed by atoms with van der Waals surface area (Å²) in [5, 5.41) is 2.25. The first-order valence-electron chi connectivity index (χ1n) is 2.57. The van der Waals surface area contributed by atoms with Gasteiger partial charge in [-0.25, -0.2) is 0 Å². The Bertz CT molecular complexity index is 167. The van der Waals surface area contributed by atoms with Crippen molar-refractivity contribution in [2.24, 2.45) is 0 Å². The molecule has 1 amide bonds. The molecule has 0 aromatic heterocycles. The molecular formula is C5H5NO3. The average Bonchev–Trinajstić information content (AvgIpc) is 1.83. The molecule has 4 nitrogen and oxygen atoms in total. The number of Topliss-reactive ketones (excluding diaryl/α,β-unsaturated/α-hetero) is 2. The van der Waals surface area contributed by atoms with Crippen molar-refractivity contribution in [3.8, 4) is 0 Å². The SMILES string of the molecule is O=C1CCNC(=O)C1=O. The largest absolute Gasteiger partial charge is 0.349 e. The Balaban J connectivity index is 2.74. The van der Waals surface area contributed by atoms with E-state index in [1.54, 1.807) is 0 Å². The fourth-order valence-electron chi connectivity index (χ4n) is 0.610. The van der Waals surface area contributed by atoms with Crippen molar-refractivity contribution in [3.63, 3.8) is 0 Å². The number of amides is 1. The fourth-order valence-corrected chi connectivity index (χ4v) is 0.610. The van der Waals surface area contributed by atoms with Crippen LogP contribution in [0.2, 0.25) is 0 Å². The van der Waals surface area contributed by atoms with Crippen LogP contribution in [-0.4, -0.2) is 24.0 Å². The zero-order chi connectivity index (χ0) is 6.85. The standard InChI is InChI=1S/C5H5NO3/c7-3-1-2-6-5(9)4(3)8/h1-2H2,(H,6,9). The van der Waals surface area contributed by atoms with Crippen LogP contribution in [0.15, 0.2) is 0 Å². The van der Waals surface area contributed by atoms with Gasteiger partial charge in [0.15, 0.2) is 0 Å². The third-order valence-electron chi connectivity index (χ3n) is 1.10. The minimum absolute atomic E-state index is 0.143. The van der Waals surface area contributed by atoms with Crippen LogP contribution in [0.1, 0.15) is 6.42 Å². The number of rotatable bonds is 0. The van der Waals surface area contributed by atoms with Crippen LogP contribution in [0.4, 0.5) is 0 Å². The number of nitrogens with one attached hydrogen (secondary N) is 1. The molecule has 1 aliphatic rings. The molecule has 1 N–H and O–H groups in total. The van der Waals surface area contributed by atoms with Gasteiger partial charge >= 0.3 is 0 Å². The van der Waals surface area contributed by atoms with E-state index in [9.17, 15) is 14.4 Å². The lowest BCUT2D eigenvalue weighted by Crippen LogP contribution is -2.42. The Morgan fingerprint density at radius 3 is 2.33 bits per heavy atom. The van der Waals surface area contributed by atoms with E-state index in [0.717, 1.165) is 0 Å². The fraction of sp³-hybridized carbons (Fsp3) is 0.400. The van der Waals surface area contributed by atoms with E-state index < -0.39 is 17.5 Å². The smallest absolute Gasteiger partial charge is 0.295 e. The second-order valence-corrected chi connectivity index (χ2v) is 1.76. The molecular weight excluding hydrogens is 122 g/mol. The highest BCUT2D eigenvalue weighted by atomic mass is 16.2. The molecule has 0 atom stereocenters. The molecule has 0 radical (unpaired) electrons. The van der Waals surface area contributed by atoms with Crippen molar-refractivity contribution >= 4 is 17.5 Å². The summed E-state index contributed by atoms with van der Waals surface area (Å²) < 4.78 is 0. The topological polar surface area (TPSA) is 63.2 Å². The first-order valence-corrected chi connectivity index (χ1v) is 2.57. The van der Waals surface area contributed by atoms with Crippen LogP contribution in [0, 0.1) is 0 Å². The number of ketones is 2. The molecule has 0 aromatic rings. The summed E-state index contributed by atoms with van der Waals surface area (Å²) in [4.78, 5) is 31.1. The van der Waals surface area contributed by atoms with Crippen molar-refractivity contribution in [2.45, 2.75) is 6.42 Å². The number of hydrogen-bond donors (Lipinski definition) is 1. The molecule has 4 heteroatoms. The van der Waals surface area contributed by atoms with Gasteiger partial charge in [-0.15, -0.1) is 0 Å². The first-order chi connectivity index (χ1) is 4.22. The van der Waals surface area contributed by atoms with Crippen LogP contribution < -0.4 is 5.32 Å². The summed E-state index contributed by atoms with van der Waals surface area (Å²) in [6.45, 7) is 0.295. The Morgan fingerprint density at radius 1 is 1.22 bits per heavy atom. The summed E-state index contributed by atoms with van der Waals surface area (Å²) in [5.41, 5.74) is 0. The van der Waals surface area contributed by atoms with E-state index in [4.69, 9.17) is 0 Å². The van der Waals surface area contributed by atoms with Gasteiger partial charge in [-0.3, -0.25) is 14.4 Å². The van der Waals surface area contributed by atoms with Crippen LogP contribution in [0.3, 0.4) is 0 Å². The molecule has 0 aliphatic carbocycles. The average molecular weight is 127 g/mol. The minimum Gasteiger partial charge on any atom is -0.349 e. The van der Waals surface area contributed by atoms with E-state index in [1.165, 1.54) is 0 Å². The third-order valence-corrected chi connectivity index (χ3v) is 1.10. The number of carbonyl (C=O) groups is 3. The van der Waals surface area contributed by atoms with Gasteiger partial charge < -0.3 is 5.32 Å². The van der Waals surface area contributed by atoms with Gasteiger partial charge in [-0.1, -0.05) is 0 Å². The number of piperidine rings is 1. The van der Waals surface area contributed by atoms with Crippen LogP contribution in [0.5, 0.6) is 0 Å². The van der Waals surface area contributed by atoms with Crippen molar-refractivity contribution in [1.29, 1.82) is 0 Å². The van der Waals surface area contributed by atoms with Gasteiger partial charge in [0.05, 0.1) is 0 Å². The molecule has 0 aromatic carbocycles. The van der Waals surface area contributed by atoms with Gasteiger partial charge in [0.25, 0.3) is 11.7 Å². The van der Waals surface area contributed by atoms with Crippen LogP contribution in [-0.2, 0) is 14.4 Å². The maximum atomic E-state index is 10.4. The minimum atomic E-state index is -0.916. The number of hydrogen-bond acceptors (Lipinski definition) is 3. The van der Waals surface area contributed by atoms with E-state index in [1.807, 2.05) is 0 Å². The van der Waals surface area contributed by atoms with Crippen molar-refractivity contribution in [1.82, 2.24) is 5.32 Å². The molecule has 1 fully saturated rings. The second-order valence-electron chi connectivity index (χ2n) is 1.76. The normalized spacial score (nSPS) is 19.8. The highest BCUT2D eigenvalue weighted by Gasteiger charge is 2.25. The van der Waals surface area contributed by atoms with E-state index in [0.29, 0.717) is 6.54 Å².